The van der Waals surface area contributed by atoms with E-state index >= 15 is 0 Å². The van der Waals surface area contributed by atoms with E-state index < -0.39 is 0 Å². The molecule has 1 aromatic rings. The maximum atomic E-state index is 11.9. The monoisotopic (exact) mass is 315 g/mol. The molecule has 2 rings (SSSR count). The van der Waals surface area contributed by atoms with Gasteiger partial charge in [0, 0.05) is 20.2 Å². The van der Waals surface area contributed by atoms with Gasteiger partial charge in [0.1, 0.15) is 4.47 Å². The predicted octanol–water partition coefficient (Wildman–Crippen LogP) is 2.01. The van der Waals surface area contributed by atoms with Gasteiger partial charge in [-0.3, -0.25) is 4.79 Å². The minimum Gasteiger partial charge on any atom is -0.380 e. The van der Waals surface area contributed by atoms with Crippen LogP contribution >= 0.6 is 15.9 Å². The Balaban J connectivity index is 2.10. The first-order valence-corrected chi connectivity index (χ1v) is 6.96. The lowest BCUT2D eigenvalue weighted by Crippen LogP contribution is -2.45. The number of aromatic nitrogens is 2. The fourth-order valence-electron chi connectivity index (χ4n) is 2.09. The second-order valence-corrected chi connectivity index (χ2v) is 5.38. The Labute approximate surface area is 115 Å². The van der Waals surface area contributed by atoms with Crippen molar-refractivity contribution in [3.05, 3.63) is 21.0 Å². The number of rotatable bonds is 5. The lowest BCUT2D eigenvalue weighted by Gasteiger charge is -2.40. The molecule has 1 aromatic heterocycles. The van der Waals surface area contributed by atoms with E-state index in [2.05, 4.69) is 26.3 Å². The molecule has 0 aromatic carbocycles. The highest BCUT2D eigenvalue weighted by molar-refractivity contribution is 9.10. The zero-order chi connectivity index (χ0) is 13.2. The summed E-state index contributed by atoms with van der Waals surface area (Å²) in [5, 5.41) is 7.35. The molecule has 5 nitrogen and oxygen atoms in total. The van der Waals surface area contributed by atoms with Gasteiger partial charge in [-0.1, -0.05) is 0 Å². The Morgan fingerprint density at radius 1 is 1.61 bits per heavy atom. The van der Waals surface area contributed by atoms with E-state index in [9.17, 15) is 4.79 Å². The molecule has 0 saturated heterocycles. The molecule has 1 heterocycles. The van der Waals surface area contributed by atoms with E-state index in [-0.39, 0.29) is 11.2 Å². The van der Waals surface area contributed by atoms with Gasteiger partial charge in [0.15, 0.2) is 0 Å². The maximum absolute atomic E-state index is 11.9. The van der Waals surface area contributed by atoms with Crippen LogP contribution in [0.25, 0.3) is 0 Å². The van der Waals surface area contributed by atoms with E-state index in [0.29, 0.717) is 17.6 Å². The minimum atomic E-state index is -0.109. The van der Waals surface area contributed by atoms with Crippen LogP contribution < -0.4 is 10.9 Å². The van der Waals surface area contributed by atoms with Crippen LogP contribution in [-0.2, 0) is 11.3 Å². The van der Waals surface area contributed by atoms with Crippen LogP contribution in [0, 0.1) is 0 Å². The van der Waals surface area contributed by atoms with Gasteiger partial charge in [-0.15, -0.1) is 0 Å². The van der Waals surface area contributed by atoms with Crippen molar-refractivity contribution >= 4 is 21.6 Å². The average Bonchev–Trinajstić information content (AvgIpc) is 2.33. The third-order valence-corrected chi connectivity index (χ3v) is 4.35. The molecular weight excluding hydrogens is 298 g/mol. The molecule has 0 bridgehead atoms. The van der Waals surface area contributed by atoms with Crippen molar-refractivity contribution < 1.29 is 4.74 Å². The van der Waals surface area contributed by atoms with Gasteiger partial charge in [0.05, 0.1) is 17.5 Å². The summed E-state index contributed by atoms with van der Waals surface area (Å²) in [6, 6.07) is 0. The van der Waals surface area contributed by atoms with Crippen LogP contribution in [0.3, 0.4) is 0 Å². The highest BCUT2D eigenvalue weighted by atomic mass is 79.9. The third-order valence-electron chi connectivity index (χ3n) is 3.58. The number of nitrogens with one attached hydrogen (secondary N) is 1. The largest absolute Gasteiger partial charge is 0.380 e. The summed E-state index contributed by atoms with van der Waals surface area (Å²) in [5.74, 6) is 0. The van der Waals surface area contributed by atoms with Gasteiger partial charge in [0.25, 0.3) is 5.56 Å². The number of hydrogen-bond acceptors (Lipinski definition) is 4. The fourth-order valence-corrected chi connectivity index (χ4v) is 2.54. The topological polar surface area (TPSA) is 56.1 Å². The van der Waals surface area contributed by atoms with Crippen molar-refractivity contribution in [2.45, 2.75) is 38.3 Å². The Morgan fingerprint density at radius 3 is 2.83 bits per heavy atom. The van der Waals surface area contributed by atoms with Crippen LogP contribution in [0.2, 0.25) is 0 Å². The predicted molar refractivity (Wildman–Crippen MR) is 74.0 cm³/mol. The van der Waals surface area contributed by atoms with Crippen molar-refractivity contribution in [3.8, 4) is 0 Å². The molecule has 0 amide bonds. The summed E-state index contributed by atoms with van der Waals surface area (Å²) in [6.45, 7) is 3.17. The lowest BCUT2D eigenvalue weighted by atomic mass is 9.80. The smallest absolute Gasteiger partial charge is 0.283 e. The number of ether oxygens (including phenoxy) is 1. The van der Waals surface area contributed by atoms with Crippen molar-refractivity contribution in [1.82, 2.24) is 9.78 Å². The highest BCUT2D eigenvalue weighted by Gasteiger charge is 2.36. The molecule has 0 radical (unpaired) electrons. The van der Waals surface area contributed by atoms with Crippen molar-refractivity contribution in [1.29, 1.82) is 0 Å². The normalized spacial score (nSPS) is 17.3. The molecule has 1 N–H and O–H groups in total. The van der Waals surface area contributed by atoms with Crippen LogP contribution in [0.4, 0.5) is 5.69 Å². The van der Waals surface area contributed by atoms with Crippen LogP contribution in [0.5, 0.6) is 0 Å². The molecular formula is C12H18BrN3O2. The van der Waals surface area contributed by atoms with Crippen LogP contribution in [-0.4, -0.2) is 29.0 Å². The lowest BCUT2D eigenvalue weighted by molar-refractivity contribution is -0.0601. The summed E-state index contributed by atoms with van der Waals surface area (Å²) < 4.78 is 7.48. The van der Waals surface area contributed by atoms with Gasteiger partial charge in [-0.25, -0.2) is 4.68 Å². The van der Waals surface area contributed by atoms with Gasteiger partial charge in [0.2, 0.25) is 0 Å². The Morgan fingerprint density at radius 2 is 2.33 bits per heavy atom. The first-order valence-electron chi connectivity index (χ1n) is 6.16. The van der Waals surface area contributed by atoms with E-state index in [4.69, 9.17) is 4.74 Å². The zero-order valence-corrected chi connectivity index (χ0v) is 12.3. The van der Waals surface area contributed by atoms with E-state index in [1.807, 2.05) is 6.92 Å². The molecule has 1 aliphatic rings. The number of anilines is 1. The van der Waals surface area contributed by atoms with Crippen molar-refractivity contribution in [2.24, 2.45) is 0 Å². The first kappa shape index (κ1) is 13.5. The van der Waals surface area contributed by atoms with Crippen molar-refractivity contribution in [3.63, 3.8) is 0 Å². The van der Waals surface area contributed by atoms with E-state index in [1.165, 1.54) is 11.1 Å². The Hall–Kier alpha value is -0.880. The summed E-state index contributed by atoms with van der Waals surface area (Å²) in [6.07, 6.45) is 5.00. The minimum absolute atomic E-state index is 0.0704. The molecule has 6 heteroatoms. The quantitative estimate of drug-likeness (QED) is 0.903. The first-order chi connectivity index (χ1) is 8.62. The van der Waals surface area contributed by atoms with Gasteiger partial charge >= 0.3 is 0 Å². The standard InChI is InChI=1S/C12H18BrN3O2/c1-3-16-11(17)10(13)9(7-15-16)14-8-12(18-2)5-4-6-12/h7,14H,3-6,8H2,1-2H3. The molecule has 0 aliphatic heterocycles. The molecule has 0 atom stereocenters. The summed E-state index contributed by atoms with van der Waals surface area (Å²) in [7, 11) is 1.74. The molecule has 1 aliphatic carbocycles. The number of methoxy groups -OCH3 is 1. The van der Waals surface area contributed by atoms with Crippen molar-refractivity contribution in [2.75, 3.05) is 19.0 Å². The zero-order valence-electron chi connectivity index (χ0n) is 10.7. The molecule has 0 unspecified atom stereocenters. The fraction of sp³-hybridized carbons (Fsp3) is 0.667. The molecule has 1 saturated carbocycles. The second kappa shape index (κ2) is 5.40. The molecule has 100 valence electrons. The average molecular weight is 316 g/mol. The second-order valence-electron chi connectivity index (χ2n) is 4.59. The highest BCUT2D eigenvalue weighted by Crippen LogP contribution is 2.35. The summed E-state index contributed by atoms with van der Waals surface area (Å²) in [4.78, 5) is 11.9. The number of aryl methyl sites for hydroxylation is 1. The Bertz CT molecular complexity index is 477. The number of halogens is 1. The van der Waals surface area contributed by atoms with E-state index in [1.54, 1.807) is 13.3 Å². The van der Waals surface area contributed by atoms with Crippen LogP contribution in [0.15, 0.2) is 15.5 Å². The number of nitrogens with zero attached hydrogens (tertiary/aromatic N) is 2. The van der Waals surface area contributed by atoms with Gasteiger partial charge in [-0.05, 0) is 42.1 Å². The van der Waals surface area contributed by atoms with Gasteiger partial charge in [-0.2, -0.15) is 5.10 Å². The Kier molecular flexibility index (Phi) is 4.07. The van der Waals surface area contributed by atoms with Crippen LogP contribution in [0.1, 0.15) is 26.2 Å². The molecule has 0 spiro atoms. The third kappa shape index (κ3) is 2.44. The van der Waals surface area contributed by atoms with E-state index in [0.717, 1.165) is 18.5 Å². The van der Waals surface area contributed by atoms with Gasteiger partial charge < -0.3 is 10.1 Å². The molecule has 1 fully saturated rings. The SMILES string of the molecule is CCn1ncc(NCC2(OC)CCC2)c(Br)c1=O. The number of hydrogen-bond donors (Lipinski definition) is 1. The summed E-state index contributed by atoms with van der Waals surface area (Å²) >= 11 is 3.32. The summed E-state index contributed by atoms with van der Waals surface area (Å²) in [5.41, 5.74) is 0.551. The molecule has 18 heavy (non-hydrogen) atoms. The maximum Gasteiger partial charge on any atom is 0.283 e.